The van der Waals surface area contributed by atoms with Crippen LogP contribution >= 0.6 is 0 Å². The first-order valence-electron chi connectivity index (χ1n) is 8.39. The van der Waals surface area contributed by atoms with Gasteiger partial charge >= 0.3 is 0 Å². The van der Waals surface area contributed by atoms with Gasteiger partial charge in [-0.05, 0) is 12.0 Å². The molecule has 136 valence electrons. The van der Waals surface area contributed by atoms with Crippen molar-refractivity contribution in [3.05, 3.63) is 41.7 Å². The van der Waals surface area contributed by atoms with Crippen LogP contribution in [-0.2, 0) is 24.8 Å². The summed E-state index contributed by atoms with van der Waals surface area (Å²) in [7, 11) is 5.09. The van der Waals surface area contributed by atoms with E-state index in [9.17, 15) is 4.79 Å². The van der Waals surface area contributed by atoms with Crippen LogP contribution in [0.2, 0.25) is 0 Å². The Morgan fingerprint density at radius 1 is 1.28 bits per heavy atom. The molecule has 0 saturated carbocycles. The monoisotopic (exact) mass is 345 g/mol. The summed E-state index contributed by atoms with van der Waals surface area (Å²) in [4.78, 5) is 14.8. The van der Waals surface area contributed by atoms with Crippen LogP contribution in [0.15, 0.2) is 30.6 Å². The summed E-state index contributed by atoms with van der Waals surface area (Å²) in [5.41, 5.74) is 1.88. The van der Waals surface area contributed by atoms with E-state index in [1.54, 1.807) is 31.2 Å². The minimum atomic E-state index is 0.0704. The molecule has 0 saturated heterocycles. The Balaban J connectivity index is 2.16. The molecule has 25 heavy (non-hydrogen) atoms. The summed E-state index contributed by atoms with van der Waals surface area (Å²) in [6.45, 7) is 5.48. The topological polar surface area (TPSA) is 56.6 Å². The lowest BCUT2D eigenvalue weighted by Gasteiger charge is -2.24. The second kappa shape index (κ2) is 8.55. The molecule has 0 aliphatic carbocycles. The highest BCUT2D eigenvalue weighted by atomic mass is 16.5. The van der Waals surface area contributed by atoms with Gasteiger partial charge in [-0.3, -0.25) is 9.48 Å². The maximum atomic E-state index is 12.9. The van der Waals surface area contributed by atoms with Gasteiger partial charge in [0.25, 0.3) is 0 Å². The van der Waals surface area contributed by atoms with Crippen LogP contribution in [0.3, 0.4) is 0 Å². The number of aryl methyl sites for hydroxylation is 1. The molecule has 1 aromatic carbocycles. The van der Waals surface area contributed by atoms with Crippen molar-refractivity contribution in [3.63, 3.8) is 0 Å². The van der Waals surface area contributed by atoms with E-state index in [0.29, 0.717) is 36.9 Å². The minimum absolute atomic E-state index is 0.0704. The van der Waals surface area contributed by atoms with E-state index in [-0.39, 0.29) is 5.91 Å². The highest BCUT2D eigenvalue weighted by Gasteiger charge is 2.18. The predicted molar refractivity (Wildman–Crippen MR) is 96.7 cm³/mol. The number of benzene rings is 1. The fourth-order valence-electron chi connectivity index (χ4n) is 2.74. The van der Waals surface area contributed by atoms with Gasteiger partial charge in [-0.25, -0.2) is 0 Å². The average Bonchev–Trinajstić information content (AvgIpc) is 2.99. The number of hydrogen-bond acceptors (Lipinski definition) is 4. The molecule has 6 nitrogen and oxygen atoms in total. The van der Waals surface area contributed by atoms with Crippen LogP contribution in [0.5, 0.6) is 11.5 Å². The largest absolute Gasteiger partial charge is 0.497 e. The molecule has 0 radical (unpaired) electrons. The normalized spacial score (nSPS) is 10.8. The molecule has 0 N–H and O–H groups in total. The molecule has 1 aromatic heterocycles. The lowest BCUT2D eigenvalue weighted by atomic mass is 10.1. The summed E-state index contributed by atoms with van der Waals surface area (Å²) in [6.07, 6.45) is 4.03. The average molecular weight is 345 g/mol. The van der Waals surface area contributed by atoms with Crippen LogP contribution < -0.4 is 9.47 Å². The number of carbonyl (C=O) groups is 1. The Morgan fingerprint density at radius 2 is 2.04 bits per heavy atom. The van der Waals surface area contributed by atoms with E-state index in [4.69, 9.17) is 9.47 Å². The Morgan fingerprint density at radius 3 is 2.60 bits per heavy atom. The van der Waals surface area contributed by atoms with Crippen molar-refractivity contribution in [3.8, 4) is 11.5 Å². The van der Waals surface area contributed by atoms with E-state index in [1.807, 2.05) is 30.3 Å². The highest BCUT2D eigenvalue weighted by Crippen LogP contribution is 2.25. The molecule has 0 bridgehead atoms. The number of ether oxygens (including phenoxy) is 2. The first-order valence-corrected chi connectivity index (χ1v) is 8.39. The molecular weight excluding hydrogens is 318 g/mol. The van der Waals surface area contributed by atoms with Crippen molar-refractivity contribution < 1.29 is 14.3 Å². The SMILES string of the molecule is COc1ccc(CC(=O)N(Cc2cnn(C)c2)CC(C)C)c(OC)c1. The molecular formula is C19H27N3O3. The van der Waals surface area contributed by atoms with Crippen molar-refractivity contribution in [2.45, 2.75) is 26.8 Å². The molecule has 0 spiro atoms. The lowest BCUT2D eigenvalue weighted by molar-refractivity contribution is -0.131. The van der Waals surface area contributed by atoms with Gasteiger partial charge in [0.15, 0.2) is 0 Å². The van der Waals surface area contributed by atoms with Crippen LogP contribution in [-0.4, -0.2) is 41.4 Å². The fraction of sp³-hybridized carbons (Fsp3) is 0.474. The number of carbonyl (C=O) groups excluding carboxylic acids is 1. The third-order valence-electron chi connectivity index (χ3n) is 3.91. The van der Waals surface area contributed by atoms with Crippen LogP contribution in [0, 0.1) is 5.92 Å². The lowest BCUT2D eigenvalue weighted by Crippen LogP contribution is -2.34. The second-order valence-electron chi connectivity index (χ2n) is 6.54. The minimum Gasteiger partial charge on any atom is -0.497 e. The zero-order valence-corrected chi connectivity index (χ0v) is 15.7. The summed E-state index contributed by atoms with van der Waals surface area (Å²) in [5, 5.41) is 4.18. The molecule has 2 rings (SSSR count). The molecule has 0 atom stereocenters. The Labute approximate surface area is 149 Å². The second-order valence-corrected chi connectivity index (χ2v) is 6.54. The van der Waals surface area contributed by atoms with Gasteiger partial charge in [-0.15, -0.1) is 0 Å². The fourth-order valence-corrected chi connectivity index (χ4v) is 2.74. The molecule has 0 aliphatic heterocycles. The summed E-state index contributed by atoms with van der Waals surface area (Å²) in [5.74, 6) is 1.83. The number of nitrogens with zero attached hydrogens (tertiary/aromatic N) is 3. The molecule has 1 amide bonds. The molecule has 6 heteroatoms. The first-order chi connectivity index (χ1) is 11.9. The number of amides is 1. The van der Waals surface area contributed by atoms with Gasteiger partial charge in [0.2, 0.25) is 5.91 Å². The molecule has 0 fully saturated rings. The summed E-state index contributed by atoms with van der Waals surface area (Å²) >= 11 is 0. The van der Waals surface area contributed by atoms with Crippen LogP contribution in [0.25, 0.3) is 0 Å². The van der Waals surface area contributed by atoms with Crippen molar-refractivity contribution in [1.29, 1.82) is 0 Å². The van der Waals surface area contributed by atoms with Gasteiger partial charge in [-0.1, -0.05) is 19.9 Å². The summed E-state index contributed by atoms with van der Waals surface area (Å²) < 4.78 is 12.4. The van der Waals surface area contributed by atoms with Gasteiger partial charge in [0.05, 0.1) is 26.8 Å². The van der Waals surface area contributed by atoms with Gasteiger partial charge in [0, 0.05) is 43.5 Å². The van der Waals surface area contributed by atoms with Crippen molar-refractivity contribution >= 4 is 5.91 Å². The third-order valence-corrected chi connectivity index (χ3v) is 3.91. The van der Waals surface area contributed by atoms with E-state index in [0.717, 1.165) is 11.1 Å². The van der Waals surface area contributed by atoms with Crippen molar-refractivity contribution in [2.24, 2.45) is 13.0 Å². The Hall–Kier alpha value is -2.50. The van der Waals surface area contributed by atoms with Gasteiger partial charge in [0.1, 0.15) is 11.5 Å². The van der Waals surface area contributed by atoms with E-state index >= 15 is 0 Å². The number of rotatable bonds is 8. The van der Waals surface area contributed by atoms with Gasteiger partial charge < -0.3 is 14.4 Å². The molecule has 0 unspecified atom stereocenters. The van der Waals surface area contributed by atoms with E-state index in [1.165, 1.54) is 0 Å². The standard InChI is InChI=1S/C19H27N3O3/c1-14(2)11-22(13-15-10-20-21(3)12-15)19(23)8-16-6-7-17(24-4)9-18(16)25-5/h6-7,9-10,12,14H,8,11,13H2,1-5H3. The third kappa shape index (κ3) is 5.24. The first kappa shape index (κ1) is 18.8. The van der Waals surface area contributed by atoms with Crippen LogP contribution in [0.1, 0.15) is 25.0 Å². The van der Waals surface area contributed by atoms with Crippen LogP contribution in [0.4, 0.5) is 0 Å². The zero-order chi connectivity index (χ0) is 18.4. The van der Waals surface area contributed by atoms with E-state index in [2.05, 4.69) is 18.9 Å². The number of methoxy groups -OCH3 is 2. The molecule has 1 heterocycles. The Kier molecular flexibility index (Phi) is 6.44. The molecule has 2 aromatic rings. The smallest absolute Gasteiger partial charge is 0.227 e. The zero-order valence-electron chi connectivity index (χ0n) is 15.7. The maximum absolute atomic E-state index is 12.9. The number of hydrogen-bond donors (Lipinski definition) is 0. The predicted octanol–water partition coefficient (Wildman–Crippen LogP) is 2.66. The number of aromatic nitrogens is 2. The quantitative estimate of drug-likeness (QED) is 0.738. The van der Waals surface area contributed by atoms with E-state index < -0.39 is 0 Å². The van der Waals surface area contributed by atoms with Crippen molar-refractivity contribution in [2.75, 3.05) is 20.8 Å². The van der Waals surface area contributed by atoms with Crippen molar-refractivity contribution in [1.82, 2.24) is 14.7 Å². The highest BCUT2D eigenvalue weighted by molar-refractivity contribution is 5.79. The maximum Gasteiger partial charge on any atom is 0.227 e. The van der Waals surface area contributed by atoms with Gasteiger partial charge in [-0.2, -0.15) is 5.10 Å². The molecule has 0 aliphatic rings. The Bertz CT molecular complexity index is 710. The summed E-state index contributed by atoms with van der Waals surface area (Å²) in [6, 6.07) is 5.53.